The Hall–Kier alpha value is -5.25. The molecular weight excluding hydrogens is 472 g/mol. The molecule has 2 N–H and O–H groups in total. The SMILES string of the molecule is Cc1nc(COc2ccc(C(=O)NNC(=O)c3cn(-c4ccccc4)nc3-c3ccccc3)cc2)no1. The highest BCUT2D eigenvalue weighted by Gasteiger charge is 2.19. The summed E-state index contributed by atoms with van der Waals surface area (Å²) in [6, 6.07) is 25.3. The van der Waals surface area contributed by atoms with Gasteiger partial charge in [0.05, 0.1) is 11.3 Å². The van der Waals surface area contributed by atoms with Crippen molar-refractivity contribution in [2.45, 2.75) is 13.5 Å². The van der Waals surface area contributed by atoms with E-state index in [0.29, 0.717) is 34.3 Å². The molecule has 0 aliphatic rings. The Balaban J connectivity index is 1.26. The van der Waals surface area contributed by atoms with Gasteiger partial charge in [-0.3, -0.25) is 20.4 Å². The van der Waals surface area contributed by atoms with Crippen LogP contribution in [0.5, 0.6) is 5.75 Å². The van der Waals surface area contributed by atoms with Gasteiger partial charge in [0.15, 0.2) is 6.61 Å². The number of hydrogen-bond acceptors (Lipinski definition) is 7. The lowest BCUT2D eigenvalue weighted by Crippen LogP contribution is -2.41. The highest BCUT2D eigenvalue weighted by Crippen LogP contribution is 2.23. The quantitative estimate of drug-likeness (QED) is 0.329. The van der Waals surface area contributed by atoms with E-state index < -0.39 is 11.8 Å². The number of para-hydroxylation sites is 1. The van der Waals surface area contributed by atoms with Crippen LogP contribution >= 0.6 is 0 Å². The van der Waals surface area contributed by atoms with Gasteiger partial charge in [0.2, 0.25) is 11.7 Å². The largest absolute Gasteiger partial charge is 0.485 e. The van der Waals surface area contributed by atoms with E-state index in [2.05, 4.69) is 26.1 Å². The van der Waals surface area contributed by atoms with Gasteiger partial charge in [0, 0.05) is 24.2 Å². The summed E-state index contributed by atoms with van der Waals surface area (Å²) >= 11 is 0. The Bertz CT molecular complexity index is 1510. The first-order valence-corrected chi connectivity index (χ1v) is 11.4. The van der Waals surface area contributed by atoms with Crippen LogP contribution in [0.15, 0.2) is 95.6 Å². The second-order valence-corrected chi connectivity index (χ2v) is 7.99. The molecule has 0 atom stereocenters. The van der Waals surface area contributed by atoms with Crippen molar-refractivity contribution >= 4 is 11.8 Å². The minimum atomic E-state index is -0.496. The number of rotatable bonds is 7. The number of amides is 2. The average Bonchev–Trinajstić information content (AvgIpc) is 3.58. The average molecular weight is 495 g/mol. The molecule has 2 aromatic heterocycles. The van der Waals surface area contributed by atoms with Crippen molar-refractivity contribution in [3.63, 3.8) is 0 Å². The van der Waals surface area contributed by atoms with Crippen LogP contribution in [0.2, 0.25) is 0 Å². The first-order chi connectivity index (χ1) is 18.1. The lowest BCUT2D eigenvalue weighted by atomic mass is 10.1. The Morgan fingerprint density at radius 3 is 2.24 bits per heavy atom. The molecule has 0 fully saturated rings. The Morgan fingerprint density at radius 2 is 1.57 bits per heavy atom. The van der Waals surface area contributed by atoms with E-state index in [1.165, 1.54) is 0 Å². The lowest BCUT2D eigenvalue weighted by molar-refractivity contribution is 0.0847. The smallest absolute Gasteiger partial charge is 0.273 e. The number of hydrogen-bond donors (Lipinski definition) is 2. The summed E-state index contributed by atoms with van der Waals surface area (Å²) in [6.45, 7) is 1.83. The molecule has 0 saturated heterocycles. The second-order valence-electron chi connectivity index (χ2n) is 7.99. The lowest BCUT2D eigenvalue weighted by Gasteiger charge is -2.08. The molecule has 0 bridgehead atoms. The highest BCUT2D eigenvalue weighted by molar-refractivity contribution is 6.02. The zero-order valence-corrected chi connectivity index (χ0v) is 19.8. The van der Waals surface area contributed by atoms with Gasteiger partial charge in [-0.1, -0.05) is 53.7 Å². The van der Waals surface area contributed by atoms with Crippen molar-refractivity contribution in [3.05, 3.63) is 114 Å². The molecule has 5 rings (SSSR count). The third kappa shape index (κ3) is 5.54. The zero-order valence-electron chi connectivity index (χ0n) is 19.8. The molecule has 10 nitrogen and oxygen atoms in total. The van der Waals surface area contributed by atoms with Gasteiger partial charge in [-0.05, 0) is 36.4 Å². The van der Waals surface area contributed by atoms with Gasteiger partial charge < -0.3 is 9.26 Å². The minimum Gasteiger partial charge on any atom is -0.485 e. The monoisotopic (exact) mass is 494 g/mol. The third-order valence-corrected chi connectivity index (χ3v) is 5.37. The number of nitrogens with zero attached hydrogens (tertiary/aromatic N) is 4. The molecule has 2 heterocycles. The standard InChI is InChI=1S/C27H22N6O4/c1-18-28-24(32-37-18)17-36-22-14-12-20(13-15-22)26(34)29-30-27(35)23-16-33(21-10-6-3-7-11-21)31-25(23)19-8-4-2-5-9-19/h2-16H,17H2,1H3,(H,29,34)(H,30,35). The first-order valence-electron chi connectivity index (χ1n) is 11.4. The maximum Gasteiger partial charge on any atom is 0.273 e. The number of carbonyl (C=O) groups excluding carboxylic acids is 2. The summed E-state index contributed by atoms with van der Waals surface area (Å²) in [6.07, 6.45) is 1.64. The molecule has 3 aromatic carbocycles. The Morgan fingerprint density at radius 1 is 0.892 bits per heavy atom. The molecule has 0 aliphatic carbocycles. The molecular formula is C27H22N6O4. The molecule has 0 aliphatic heterocycles. The summed E-state index contributed by atoms with van der Waals surface area (Å²) in [5.41, 5.74) is 7.67. The van der Waals surface area contributed by atoms with E-state index in [0.717, 1.165) is 11.3 Å². The number of benzene rings is 3. The van der Waals surface area contributed by atoms with Crippen LogP contribution < -0.4 is 15.6 Å². The van der Waals surface area contributed by atoms with Gasteiger partial charge in [0.1, 0.15) is 11.4 Å². The van der Waals surface area contributed by atoms with Crippen molar-refractivity contribution in [3.8, 4) is 22.7 Å². The molecule has 37 heavy (non-hydrogen) atoms. The third-order valence-electron chi connectivity index (χ3n) is 5.37. The predicted octanol–water partition coefficient (Wildman–Crippen LogP) is 3.88. The molecule has 10 heteroatoms. The molecule has 0 spiro atoms. The van der Waals surface area contributed by atoms with Crippen molar-refractivity contribution in [2.75, 3.05) is 0 Å². The van der Waals surface area contributed by atoms with Crippen molar-refractivity contribution in [1.82, 2.24) is 30.8 Å². The van der Waals surface area contributed by atoms with E-state index >= 15 is 0 Å². The van der Waals surface area contributed by atoms with Crippen molar-refractivity contribution in [1.29, 1.82) is 0 Å². The number of nitrogens with one attached hydrogen (secondary N) is 2. The van der Waals surface area contributed by atoms with Crippen LogP contribution in [-0.4, -0.2) is 31.7 Å². The summed E-state index contributed by atoms with van der Waals surface area (Å²) in [5, 5.41) is 8.39. The molecule has 0 saturated carbocycles. The maximum absolute atomic E-state index is 13.1. The highest BCUT2D eigenvalue weighted by atomic mass is 16.5. The zero-order chi connectivity index (χ0) is 25.6. The van der Waals surface area contributed by atoms with Gasteiger partial charge in [-0.2, -0.15) is 10.1 Å². The number of ether oxygens (including phenoxy) is 1. The first kappa shape index (κ1) is 23.5. The van der Waals surface area contributed by atoms with E-state index in [1.807, 2.05) is 60.7 Å². The van der Waals surface area contributed by atoms with E-state index in [1.54, 1.807) is 42.1 Å². The van der Waals surface area contributed by atoms with Crippen LogP contribution in [0, 0.1) is 6.92 Å². The Labute approximate surface area is 211 Å². The fourth-order valence-corrected chi connectivity index (χ4v) is 3.57. The molecule has 0 radical (unpaired) electrons. The Kier molecular flexibility index (Phi) is 6.71. The van der Waals surface area contributed by atoms with E-state index in [-0.39, 0.29) is 6.61 Å². The number of hydrazine groups is 1. The second kappa shape index (κ2) is 10.6. The van der Waals surface area contributed by atoms with Gasteiger partial charge in [-0.15, -0.1) is 0 Å². The van der Waals surface area contributed by atoms with Crippen LogP contribution in [0.4, 0.5) is 0 Å². The minimum absolute atomic E-state index is 0.138. The van der Waals surface area contributed by atoms with Gasteiger partial charge >= 0.3 is 0 Å². The van der Waals surface area contributed by atoms with Crippen molar-refractivity contribution in [2.24, 2.45) is 0 Å². The molecule has 5 aromatic rings. The fourth-order valence-electron chi connectivity index (χ4n) is 3.57. The fraction of sp³-hybridized carbons (Fsp3) is 0.0741. The molecule has 0 unspecified atom stereocenters. The summed E-state index contributed by atoms with van der Waals surface area (Å²) in [7, 11) is 0. The molecule has 184 valence electrons. The maximum atomic E-state index is 13.1. The number of carbonyl (C=O) groups is 2. The predicted molar refractivity (Wildman–Crippen MR) is 134 cm³/mol. The number of aryl methyl sites for hydroxylation is 1. The van der Waals surface area contributed by atoms with Gasteiger partial charge in [-0.25, -0.2) is 4.68 Å². The van der Waals surface area contributed by atoms with Gasteiger partial charge in [0.25, 0.3) is 11.8 Å². The summed E-state index contributed by atoms with van der Waals surface area (Å²) in [4.78, 5) is 29.8. The van der Waals surface area contributed by atoms with Crippen LogP contribution in [0.1, 0.15) is 32.4 Å². The van der Waals surface area contributed by atoms with Crippen LogP contribution in [-0.2, 0) is 6.61 Å². The normalized spacial score (nSPS) is 10.6. The molecule has 2 amide bonds. The number of aromatic nitrogens is 4. The summed E-state index contributed by atoms with van der Waals surface area (Å²) in [5.74, 6) is 0.433. The van der Waals surface area contributed by atoms with Crippen molar-refractivity contribution < 1.29 is 18.8 Å². The van der Waals surface area contributed by atoms with E-state index in [9.17, 15) is 9.59 Å². The summed E-state index contributed by atoms with van der Waals surface area (Å²) < 4.78 is 12.1. The van der Waals surface area contributed by atoms with E-state index in [4.69, 9.17) is 9.26 Å². The van der Waals surface area contributed by atoms with Crippen LogP contribution in [0.3, 0.4) is 0 Å². The topological polar surface area (TPSA) is 124 Å². The van der Waals surface area contributed by atoms with Crippen LogP contribution in [0.25, 0.3) is 16.9 Å².